The maximum Gasteiger partial charge on any atom is 0.431 e. The first kappa shape index (κ1) is 10.5. The Labute approximate surface area is 82.6 Å². The normalized spacial score (nSPS) is 11.1. The highest BCUT2D eigenvalue weighted by atomic mass is 16.2. The minimum Gasteiger partial charge on any atom is -0.431 e. The third-order valence-corrected chi connectivity index (χ3v) is 1.32. The molecule has 14 heavy (non-hydrogen) atoms. The van der Waals surface area contributed by atoms with Gasteiger partial charge in [-0.2, -0.15) is 5.10 Å². The van der Waals surface area contributed by atoms with Gasteiger partial charge in [0.15, 0.2) is 5.81 Å². The number of amides is 1. The van der Waals surface area contributed by atoms with Crippen molar-refractivity contribution in [1.29, 1.82) is 0 Å². The maximum absolute atomic E-state index is 10.8. The van der Waals surface area contributed by atoms with E-state index < -0.39 is 7.05 Å². The predicted molar refractivity (Wildman–Crippen MR) is 56.0 cm³/mol. The molecule has 0 saturated carbocycles. The van der Waals surface area contributed by atoms with E-state index in [1.54, 1.807) is 18.5 Å². The van der Waals surface area contributed by atoms with Crippen LogP contribution in [-0.2, 0) is 0 Å². The first-order valence-corrected chi connectivity index (χ1v) is 4.13. The van der Waals surface area contributed by atoms with Gasteiger partial charge in [-0.1, -0.05) is 0 Å². The summed E-state index contributed by atoms with van der Waals surface area (Å²) in [4.78, 5) is 14.6. The summed E-state index contributed by atoms with van der Waals surface area (Å²) in [5.74, 6) is -0.0580. The van der Waals surface area contributed by atoms with E-state index in [-0.39, 0.29) is 11.8 Å². The summed E-state index contributed by atoms with van der Waals surface area (Å²) in [6, 6.07) is 1.69. The Morgan fingerprint density at radius 2 is 2.50 bits per heavy atom. The quantitative estimate of drug-likeness (QED) is 0.324. The second-order valence-corrected chi connectivity index (χ2v) is 2.72. The number of carbonyl (C=O) groups excluding carboxylic acids is 1. The Bertz CT molecular complexity index is 336. The van der Waals surface area contributed by atoms with E-state index in [2.05, 4.69) is 15.3 Å². The van der Waals surface area contributed by atoms with Gasteiger partial charge in [0.05, 0.1) is 0 Å². The van der Waals surface area contributed by atoms with Crippen molar-refractivity contribution < 1.29 is 9.82 Å². The van der Waals surface area contributed by atoms with Crippen molar-refractivity contribution in [1.82, 2.24) is 15.1 Å². The molecule has 1 amide bonds. The van der Waals surface area contributed by atoms with Gasteiger partial charge < -0.3 is 10.3 Å². The number of nitrogens with one attached hydrogen (secondary N) is 1. The first-order valence-electron chi connectivity index (χ1n) is 4.13. The molecule has 0 aliphatic rings. The lowest BCUT2D eigenvalue weighted by Crippen LogP contribution is -2.36. The van der Waals surface area contributed by atoms with Crippen molar-refractivity contribution in [2.75, 3.05) is 0 Å². The molecule has 0 aliphatic heterocycles. The summed E-state index contributed by atoms with van der Waals surface area (Å²) < 4.78 is 1.37. The second kappa shape index (κ2) is 4.61. The number of nitrogens with zero attached hydrogens (tertiary/aromatic N) is 3. The van der Waals surface area contributed by atoms with Gasteiger partial charge in [-0.3, -0.25) is 9.70 Å². The highest BCUT2D eigenvalue weighted by molar-refractivity contribution is 6.59. The fourth-order valence-electron chi connectivity index (χ4n) is 0.877. The number of hydrogen-bond donors (Lipinski definition) is 2. The zero-order valence-corrected chi connectivity index (χ0v) is 8.01. The average Bonchev–Trinajstić information content (AvgIpc) is 2.52. The van der Waals surface area contributed by atoms with E-state index in [1.807, 2.05) is 0 Å². The van der Waals surface area contributed by atoms with Crippen LogP contribution in [0.5, 0.6) is 0 Å². The van der Waals surface area contributed by atoms with E-state index in [0.717, 1.165) is 0 Å². The van der Waals surface area contributed by atoms with E-state index in [4.69, 9.17) is 5.02 Å². The van der Waals surface area contributed by atoms with Crippen LogP contribution in [0.2, 0.25) is 6.82 Å². The van der Waals surface area contributed by atoms with Crippen LogP contribution in [0.4, 0.5) is 4.79 Å². The fraction of sp³-hybridized carbons (Fsp3) is 0.167. The minimum atomic E-state index is -0.888. The third-order valence-electron chi connectivity index (χ3n) is 1.32. The van der Waals surface area contributed by atoms with Crippen molar-refractivity contribution in [3.8, 4) is 0 Å². The highest BCUT2D eigenvalue weighted by Crippen LogP contribution is 1.87. The second-order valence-electron chi connectivity index (χ2n) is 2.72. The molecular formula is C6H10B2N4O2. The van der Waals surface area contributed by atoms with Crippen LogP contribution >= 0.6 is 0 Å². The van der Waals surface area contributed by atoms with Crippen molar-refractivity contribution in [3.05, 3.63) is 18.5 Å². The molecule has 8 heteroatoms. The molecule has 0 atom stereocenters. The molecule has 2 N–H and O–H groups in total. The molecule has 6 nitrogen and oxygen atoms in total. The van der Waals surface area contributed by atoms with Gasteiger partial charge in [0, 0.05) is 12.4 Å². The van der Waals surface area contributed by atoms with Gasteiger partial charge >= 0.3 is 7.05 Å². The zero-order valence-electron chi connectivity index (χ0n) is 8.01. The summed E-state index contributed by atoms with van der Waals surface area (Å²) in [6.45, 7) is 1.49. The van der Waals surface area contributed by atoms with Crippen molar-refractivity contribution in [2.24, 2.45) is 4.90 Å². The topological polar surface area (TPSA) is 79.5 Å². The van der Waals surface area contributed by atoms with Crippen molar-refractivity contribution in [3.63, 3.8) is 0 Å². The Morgan fingerprint density at radius 1 is 1.79 bits per heavy atom. The molecule has 1 aromatic heterocycles. The molecule has 0 spiro atoms. The smallest absolute Gasteiger partial charge is 0.431 e. The number of rotatable bonds is 1. The summed E-state index contributed by atoms with van der Waals surface area (Å²) in [6.07, 6.45) is 3.18. The van der Waals surface area contributed by atoms with Crippen LogP contribution in [0.25, 0.3) is 0 Å². The van der Waals surface area contributed by atoms with E-state index in [0.29, 0.717) is 0 Å². The molecule has 0 unspecified atom stereocenters. The first-order chi connectivity index (χ1) is 6.59. The van der Waals surface area contributed by atoms with Crippen molar-refractivity contribution >= 4 is 26.7 Å². The molecule has 0 aliphatic carbocycles. The molecular weight excluding hydrogens is 182 g/mol. The molecule has 0 saturated heterocycles. The average molecular weight is 192 g/mol. The van der Waals surface area contributed by atoms with Crippen LogP contribution in [0, 0.1) is 0 Å². The van der Waals surface area contributed by atoms with Crippen LogP contribution < -0.4 is 5.32 Å². The molecule has 1 aromatic rings. The van der Waals surface area contributed by atoms with Gasteiger partial charge in [0.1, 0.15) is 0 Å². The van der Waals surface area contributed by atoms with Crippen molar-refractivity contribution in [2.45, 2.75) is 6.82 Å². The molecule has 0 fully saturated rings. The standard InChI is InChI=1S/C6H10B2N4O2/c1-8(14)11-6(10-5(7)13)12-4-2-3-9-12/h2-4,14H,7H2,1H3,(H,10,11,13). The lowest BCUT2D eigenvalue weighted by Gasteiger charge is -2.07. The Morgan fingerprint density at radius 3 is 2.93 bits per heavy atom. The molecule has 0 aromatic carbocycles. The Hall–Kier alpha value is -1.56. The Balaban J connectivity index is 2.88. The van der Waals surface area contributed by atoms with E-state index in [9.17, 15) is 4.79 Å². The third kappa shape index (κ3) is 3.06. The van der Waals surface area contributed by atoms with Crippen LogP contribution in [0.3, 0.4) is 0 Å². The lowest BCUT2D eigenvalue weighted by atomic mass is 9.91. The molecule has 0 bridgehead atoms. The number of aromatic nitrogens is 2. The summed E-state index contributed by atoms with van der Waals surface area (Å²) in [7, 11) is 0.474. The van der Waals surface area contributed by atoms with Crippen LogP contribution in [-0.4, -0.2) is 41.5 Å². The summed E-state index contributed by atoms with van der Waals surface area (Å²) in [5, 5.41) is 15.4. The van der Waals surface area contributed by atoms with Gasteiger partial charge in [-0.25, -0.2) is 4.68 Å². The van der Waals surface area contributed by atoms with Gasteiger partial charge in [-0.15, -0.1) is 0 Å². The monoisotopic (exact) mass is 192 g/mol. The SMILES string of the molecule is BC(=O)NC(=NB(C)O)n1cccn1. The maximum atomic E-state index is 10.8. The van der Waals surface area contributed by atoms with Crippen LogP contribution in [0.1, 0.15) is 0 Å². The molecule has 1 heterocycles. The summed E-state index contributed by atoms with van der Waals surface area (Å²) >= 11 is 0. The fourth-order valence-corrected chi connectivity index (χ4v) is 0.877. The largest absolute Gasteiger partial charge is 0.431 e. The van der Waals surface area contributed by atoms with Gasteiger partial charge in [0.25, 0.3) is 0 Å². The molecule has 0 radical (unpaired) electrons. The van der Waals surface area contributed by atoms with Gasteiger partial charge in [-0.05, 0) is 12.9 Å². The highest BCUT2D eigenvalue weighted by Gasteiger charge is 2.07. The van der Waals surface area contributed by atoms with E-state index >= 15 is 0 Å². The van der Waals surface area contributed by atoms with Crippen LogP contribution in [0.15, 0.2) is 23.4 Å². The van der Waals surface area contributed by atoms with Gasteiger partial charge in [0.2, 0.25) is 13.8 Å². The molecule has 72 valence electrons. The number of hydrogen-bond acceptors (Lipinski definition) is 4. The van der Waals surface area contributed by atoms with E-state index in [1.165, 1.54) is 19.4 Å². The minimum absolute atomic E-state index is 0.206. The zero-order chi connectivity index (χ0) is 10.6. The number of carbonyl (C=O) groups is 1. The Kier molecular flexibility index (Phi) is 3.47. The predicted octanol–water partition coefficient (Wildman–Crippen LogP) is -1.46. The lowest BCUT2D eigenvalue weighted by molar-refractivity contribution is 0.263. The summed E-state index contributed by atoms with van der Waals surface area (Å²) in [5.41, 5.74) is 0. The molecule has 1 rings (SSSR count).